The van der Waals surface area contributed by atoms with Crippen LogP contribution < -0.4 is 0 Å². The van der Waals surface area contributed by atoms with Gasteiger partial charge in [-0.15, -0.1) is 0 Å². The van der Waals surface area contributed by atoms with Gasteiger partial charge in [0.1, 0.15) is 11.4 Å². The molecule has 1 heterocycles. The van der Waals surface area contributed by atoms with Gasteiger partial charge >= 0.3 is 5.69 Å². The zero-order valence-electron chi connectivity index (χ0n) is 9.47. The highest BCUT2D eigenvalue weighted by atomic mass is 16.6. The molecule has 0 unspecified atom stereocenters. The minimum atomic E-state index is -0.432. The fourth-order valence-electron chi connectivity index (χ4n) is 1.49. The van der Waals surface area contributed by atoms with E-state index in [0.29, 0.717) is 18.1 Å². The van der Waals surface area contributed by atoms with Crippen molar-refractivity contribution >= 4 is 5.69 Å². The monoisotopic (exact) mass is 223 g/mol. The minimum Gasteiger partial charge on any atom is -0.274 e. The lowest BCUT2D eigenvalue weighted by Crippen LogP contribution is -2.23. The van der Waals surface area contributed by atoms with E-state index in [1.54, 1.807) is 25.8 Å². The lowest BCUT2D eigenvalue weighted by Gasteiger charge is -2.12. The molecule has 0 aromatic carbocycles. The van der Waals surface area contributed by atoms with Gasteiger partial charge in [0, 0.05) is 0 Å². The molecule has 0 aliphatic heterocycles. The molecular formula is C9H13N5O2. The zero-order chi connectivity index (χ0) is 12.3. The molecule has 0 aliphatic rings. The van der Waals surface area contributed by atoms with E-state index in [0.717, 1.165) is 0 Å². The molecule has 0 saturated heterocycles. The van der Waals surface area contributed by atoms with Crippen LogP contribution in [0.1, 0.15) is 11.4 Å². The normalized spacial score (nSPS) is 10.4. The summed E-state index contributed by atoms with van der Waals surface area (Å²) in [6.45, 7) is 3.88. The van der Waals surface area contributed by atoms with E-state index in [1.165, 1.54) is 4.68 Å². The summed E-state index contributed by atoms with van der Waals surface area (Å²) in [6, 6.07) is 2.00. The van der Waals surface area contributed by atoms with E-state index in [9.17, 15) is 10.1 Å². The topological polar surface area (TPSA) is 88.0 Å². The van der Waals surface area contributed by atoms with E-state index < -0.39 is 4.92 Å². The smallest absolute Gasteiger partial charge is 0.274 e. The van der Waals surface area contributed by atoms with Crippen molar-refractivity contribution in [3.63, 3.8) is 0 Å². The molecule has 7 nitrogen and oxygen atoms in total. The Kier molecular flexibility index (Phi) is 3.58. The highest BCUT2D eigenvalue weighted by Gasteiger charge is 2.21. The first-order valence-electron chi connectivity index (χ1n) is 4.71. The summed E-state index contributed by atoms with van der Waals surface area (Å²) in [5.41, 5.74) is 0.950. The van der Waals surface area contributed by atoms with Crippen LogP contribution in [0.25, 0.3) is 0 Å². The van der Waals surface area contributed by atoms with Crippen LogP contribution in [0.2, 0.25) is 0 Å². The number of aryl methyl sites for hydroxylation is 1. The molecule has 0 atom stereocenters. The standard InChI is InChI=1S/C9H13N5O2/c1-7-9(14(15)16)8(2)13(11-7)6-12(3)5-4-10/h5-6H2,1-3H3. The number of rotatable bonds is 4. The Hall–Kier alpha value is -1.94. The summed E-state index contributed by atoms with van der Waals surface area (Å²) in [6.07, 6.45) is 0. The lowest BCUT2D eigenvalue weighted by molar-refractivity contribution is -0.386. The van der Waals surface area contributed by atoms with E-state index >= 15 is 0 Å². The third-order valence-corrected chi connectivity index (χ3v) is 2.24. The quantitative estimate of drug-likeness (QED) is 0.428. The first-order chi connectivity index (χ1) is 7.47. The van der Waals surface area contributed by atoms with Gasteiger partial charge in [-0.25, -0.2) is 4.68 Å². The zero-order valence-corrected chi connectivity index (χ0v) is 9.47. The van der Waals surface area contributed by atoms with Crippen LogP contribution in [-0.2, 0) is 6.67 Å². The molecule has 0 bridgehead atoms. The molecule has 0 saturated carbocycles. The highest BCUT2D eigenvalue weighted by molar-refractivity contribution is 5.39. The van der Waals surface area contributed by atoms with Crippen LogP contribution in [0.4, 0.5) is 5.69 Å². The van der Waals surface area contributed by atoms with Crippen LogP contribution in [0.3, 0.4) is 0 Å². The van der Waals surface area contributed by atoms with E-state index in [2.05, 4.69) is 5.10 Å². The predicted octanol–water partition coefficient (Wildman–Crippen LogP) is 0.821. The summed E-state index contributed by atoms with van der Waals surface area (Å²) in [5, 5.41) is 23.3. The molecular weight excluding hydrogens is 210 g/mol. The Bertz CT molecular complexity index is 445. The Morgan fingerprint density at radius 2 is 2.25 bits per heavy atom. The molecule has 0 fully saturated rings. The molecule has 0 amide bonds. The molecule has 86 valence electrons. The van der Waals surface area contributed by atoms with Crippen LogP contribution >= 0.6 is 0 Å². The van der Waals surface area contributed by atoms with Crippen LogP contribution in [-0.4, -0.2) is 33.2 Å². The van der Waals surface area contributed by atoms with Gasteiger partial charge < -0.3 is 0 Å². The van der Waals surface area contributed by atoms with Crippen molar-refractivity contribution in [2.24, 2.45) is 0 Å². The first-order valence-corrected chi connectivity index (χ1v) is 4.71. The minimum absolute atomic E-state index is 0.0466. The Balaban J connectivity index is 2.96. The molecule has 0 aliphatic carbocycles. The van der Waals surface area contributed by atoms with Gasteiger partial charge in [0.25, 0.3) is 0 Å². The predicted molar refractivity (Wildman–Crippen MR) is 56.6 cm³/mol. The second-order valence-electron chi connectivity index (χ2n) is 3.59. The first kappa shape index (κ1) is 12.1. The maximum atomic E-state index is 10.8. The molecule has 0 N–H and O–H groups in total. The van der Waals surface area contributed by atoms with E-state index in [1.807, 2.05) is 6.07 Å². The van der Waals surface area contributed by atoms with E-state index in [-0.39, 0.29) is 12.2 Å². The number of nitrogens with zero attached hydrogens (tertiary/aromatic N) is 5. The van der Waals surface area contributed by atoms with Gasteiger partial charge in [0.2, 0.25) is 0 Å². The Morgan fingerprint density at radius 1 is 1.62 bits per heavy atom. The average Bonchev–Trinajstić information content (AvgIpc) is 2.42. The second-order valence-corrected chi connectivity index (χ2v) is 3.59. The van der Waals surface area contributed by atoms with Crippen LogP contribution in [0.15, 0.2) is 0 Å². The largest absolute Gasteiger partial charge is 0.312 e. The fraction of sp³-hybridized carbons (Fsp3) is 0.556. The summed E-state index contributed by atoms with van der Waals surface area (Å²) in [7, 11) is 1.76. The Morgan fingerprint density at radius 3 is 2.69 bits per heavy atom. The highest BCUT2D eigenvalue weighted by Crippen LogP contribution is 2.21. The van der Waals surface area contributed by atoms with Crippen molar-refractivity contribution in [1.82, 2.24) is 14.7 Å². The van der Waals surface area contributed by atoms with Crippen molar-refractivity contribution < 1.29 is 4.92 Å². The number of nitriles is 1. The number of aromatic nitrogens is 2. The summed E-state index contributed by atoms with van der Waals surface area (Å²) in [4.78, 5) is 12.0. The fourth-order valence-corrected chi connectivity index (χ4v) is 1.49. The third-order valence-electron chi connectivity index (χ3n) is 2.24. The molecule has 7 heteroatoms. The van der Waals surface area contributed by atoms with Gasteiger partial charge in [-0.3, -0.25) is 15.0 Å². The van der Waals surface area contributed by atoms with Crippen LogP contribution in [0, 0.1) is 35.3 Å². The summed E-state index contributed by atoms with van der Waals surface area (Å²) < 4.78 is 1.53. The molecule has 1 rings (SSSR count). The number of hydrogen-bond donors (Lipinski definition) is 0. The molecule has 1 aromatic rings. The van der Waals surface area contributed by atoms with Crippen molar-refractivity contribution in [3.05, 3.63) is 21.5 Å². The number of nitro groups is 1. The summed E-state index contributed by atoms with van der Waals surface area (Å²) in [5.74, 6) is 0. The van der Waals surface area contributed by atoms with Crippen molar-refractivity contribution in [2.75, 3.05) is 13.6 Å². The molecule has 0 spiro atoms. The van der Waals surface area contributed by atoms with Gasteiger partial charge in [-0.05, 0) is 20.9 Å². The third kappa shape index (κ3) is 2.35. The van der Waals surface area contributed by atoms with Crippen molar-refractivity contribution in [2.45, 2.75) is 20.5 Å². The van der Waals surface area contributed by atoms with Crippen LogP contribution in [0.5, 0.6) is 0 Å². The second kappa shape index (κ2) is 4.72. The van der Waals surface area contributed by atoms with E-state index in [4.69, 9.17) is 5.26 Å². The molecule has 1 aromatic heterocycles. The lowest BCUT2D eigenvalue weighted by atomic mass is 10.3. The van der Waals surface area contributed by atoms with Gasteiger partial charge in [-0.2, -0.15) is 10.4 Å². The maximum absolute atomic E-state index is 10.8. The van der Waals surface area contributed by atoms with Gasteiger partial charge in [0.05, 0.1) is 24.2 Å². The SMILES string of the molecule is Cc1nn(CN(C)CC#N)c(C)c1[N+](=O)[O-]. The maximum Gasteiger partial charge on any atom is 0.312 e. The molecule has 16 heavy (non-hydrogen) atoms. The van der Waals surface area contributed by atoms with Gasteiger partial charge in [0.15, 0.2) is 0 Å². The molecule has 0 radical (unpaired) electrons. The van der Waals surface area contributed by atoms with Crippen molar-refractivity contribution in [3.8, 4) is 6.07 Å². The van der Waals surface area contributed by atoms with Crippen molar-refractivity contribution in [1.29, 1.82) is 5.26 Å². The number of hydrogen-bond acceptors (Lipinski definition) is 5. The average molecular weight is 223 g/mol. The van der Waals surface area contributed by atoms with Gasteiger partial charge in [-0.1, -0.05) is 0 Å². The summed E-state index contributed by atoms with van der Waals surface area (Å²) >= 11 is 0. The Labute approximate surface area is 93.0 Å².